The van der Waals surface area contributed by atoms with Gasteiger partial charge in [-0.05, 0) is 23.6 Å². The van der Waals surface area contributed by atoms with E-state index in [9.17, 15) is 9.90 Å². The summed E-state index contributed by atoms with van der Waals surface area (Å²) in [5.41, 5.74) is 1.67. The summed E-state index contributed by atoms with van der Waals surface area (Å²) in [6.45, 7) is 4.02. The van der Waals surface area contributed by atoms with Gasteiger partial charge >= 0.3 is 5.97 Å². The smallest absolute Gasteiger partial charge is 0.374 e. The van der Waals surface area contributed by atoms with Gasteiger partial charge in [-0.15, -0.1) is 0 Å². The van der Waals surface area contributed by atoms with Gasteiger partial charge in [-0.1, -0.05) is 34.9 Å². The zero-order chi connectivity index (χ0) is 14.2. The second kappa shape index (κ2) is 5.05. The minimum Gasteiger partial charge on any atom is -0.507 e. The summed E-state index contributed by atoms with van der Waals surface area (Å²) < 4.78 is 5.51. The molecular weight excluding hydrogens is 314 g/mol. The van der Waals surface area contributed by atoms with Crippen molar-refractivity contribution in [1.82, 2.24) is 5.16 Å². The summed E-state index contributed by atoms with van der Waals surface area (Å²) in [6, 6.07) is 4.62. The maximum Gasteiger partial charge on any atom is 0.374 e. The van der Waals surface area contributed by atoms with E-state index in [2.05, 4.69) is 25.6 Å². The molecule has 1 aromatic carbocycles. The number of rotatable bonds is 3. The lowest BCUT2D eigenvalue weighted by atomic mass is 10.00. The van der Waals surface area contributed by atoms with Crippen LogP contribution in [-0.4, -0.2) is 21.3 Å². The first-order valence-electron chi connectivity index (χ1n) is 5.63. The van der Waals surface area contributed by atoms with Gasteiger partial charge in [0.15, 0.2) is 0 Å². The average Bonchev–Trinajstić information content (AvgIpc) is 2.80. The highest BCUT2D eigenvalue weighted by Crippen LogP contribution is 2.36. The Bertz CT molecular complexity index is 634. The predicted octanol–water partition coefficient (Wildman–Crippen LogP) is 3.63. The van der Waals surface area contributed by atoms with Gasteiger partial charge in [-0.25, -0.2) is 4.79 Å². The number of halogens is 1. The second-order valence-corrected chi connectivity index (χ2v) is 5.28. The monoisotopic (exact) mass is 325 g/mol. The Labute approximate surface area is 118 Å². The zero-order valence-electron chi connectivity index (χ0n) is 10.3. The maximum atomic E-state index is 10.7. The number of hydrogen-bond acceptors (Lipinski definition) is 4. The fraction of sp³-hybridized carbons (Fsp3) is 0.231. The molecule has 0 fully saturated rings. The van der Waals surface area contributed by atoms with E-state index in [1.165, 1.54) is 6.07 Å². The molecule has 0 spiro atoms. The molecule has 0 atom stereocenters. The maximum absolute atomic E-state index is 10.7. The SMILES string of the molecule is CC(C)c1cc(O)c(-c2cc(C(=O)O)on2)cc1Br. The molecule has 2 rings (SSSR count). The van der Waals surface area contributed by atoms with Gasteiger partial charge < -0.3 is 14.7 Å². The largest absolute Gasteiger partial charge is 0.507 e. The van der Waals surface area contributed by atoms with Gasteiger partial charge in [0.05, 0.1) is 0 Å². The Kier molecular flexibility index (Phi) is 3.61. The van der Waals surface area contributed by atoms with Crippen molar-refractivity contribution in [3.8, 4) is 17.0 Å². The first kappa shape index (κ1) is 13.6. The fourth-order valence-corrected chi connectivity index (χ4v) is 2.53. The van der Waals surface area contributed by atoms with E-state index in [-0.39, 0.29) is 23.1 Å². The molecule has 5 nitrogen and oxygen atoms in total. The van der Waals surface area contributed by atoms with Crippen LogP contribution in [0.1, 0.15) is 35.9 Å². The van der Waals surface area contributed by atoms with Gasteiger partial charge in [-0.2, -0.15) is 0 Å². The van der Waals surface area contributed by atoms with Crippen LogP contribution in [0.15, 0.2) is 27.2 Å². The van der Waals surface area contributed by atoms with E-state index in [0.29, 0.717) is 5.56 Å². The first-order valence-corrected chi connectivity index (χ1v) is 6.42. The van der Waals surface area contributed by atoms with Crippen LogP contribution in [0, 0.1) is 0 Å². The zero-order valence-corrected chi connectivity index (χ0v) is 11.9. The number of phenolic OH excluding ortho intramolecular Hbond substituents is 1. The number of carboxylic acids is 1. The van der Waals surface area contributed by atoms with E-state index >= 15 is 0 Å². The Balaban J connectivity index is 2.50. The molecule has 0 saturated carbocycles. The molecule has 0 saturated heterocycles. The Morgan fingerprint density at radius 1 is 1.37 bits per heavy atom. The fourth-order valence-electron chi connectivity index (χ4n) is 1.73. The van der Waals surface area contributed by atoms with E-state index in [1.807, 2.05) is 13.8 Å². The van der Waals surface area contributed by atoms with Crippen LogP contribution in [0.5, 0.6) is 5.75 Å². The molecular formula is C13H12BrNO4. The molecule has 0 bridgehead atoms. The molecule has 0 unspecified atom stereocenters. The van der Waals surface area contributed by atoms with Crippen molar-refractivity contribution in [2.45, 2.75) is 19.8 Å². The highest BCUT2D eigenvalue weighted by atomic mass is 79.9. The third-order valence-corrected chi connectivity index (χ3v) is 3.42. The van der Waals surface area contributed by atoms with Crippen LogP contribution in [-0.2, 0) is 0 Å². The number of benzene rings is 1. The highest BCUT2D eigenvalue weighted by Gasteiger charge is 2.17. The molecule has 1 heterocycles. The number of carbonyl (C=O) groups is 1. The Morgan fingerprint density at radius 3 is 2.58 bits per heavy atom. The number of hydrogen-bond donors (Lipinski definition) is 2. The van der Waals surface area contributed by atoms with E-state index in [0.717, 1.165) is 10.0 Å². The third kappa shape index (κ3) is 2.63. The number of aromatic carboxylic acids is 1. The van der Waals surface area contributed by atoms with Gasteiger partial charge in [-0.3, -0.25) is 0 Å². The topological polar surface area (TPSA) is 83.6 Å². The van der Waals surface area contributed by atoms with Crippen LogP contribution in [0.2, 0.25) is 0 Å². The molecule has 0 aliphatic rings. The molecule has 19 heavy (non-hydrogen) atoms. The first-order chi connectivity index (χ1) is 8.90. The van der Waals surface area contributed by atoms with Gasteiger partial charge in [0.1, 0.15) is 11.4 Å². The summed E-state index contributed by atoms with van der Waals surface area (Å²) >= 11 is 3.43. The summed E-state index contributed by atoms with van der Waals surface area (Å²) in [4.78, 5) is 10.7. The van der Waals surface area contributed by atoms with E-state index < -0.39 is 5.97 Å². The minimum absolute atomic E-state index is 0.0390. The number of nitrogens with zero attached hydrogens (tertiary/aromatic N) is 1. The number of aromatic nitrogens is 1. The van der Waals surface area contributed by atoms with Crippen molar-refractivity contribution >= 4 is 21.9 Å². The Hall–Kier alpha value is -1.82. The highest BCUT2D eigenvalue weighted by molar-refractivity contribution is 9.10. The third-order valence-electron chi connectivity index (χ3n) is 2.73. The van der Waals surface area contributed by atoms with Crippen LogP contribution in [0.4, 0.5) is 0 Å². The average molecular weight is 326 g/mol. The molecule has 0 amide bonds. The van der Waals surface area contributed by atoms with Crippen molar-refractivity contribution in [1.29, 1.82) is 0 Å². The molecule has 2 aromatic rings. The molecule has 0 radical (unpaired) electrons. The Morgan fingerprint density at radius 2 is 2.05 bits per heavy atom. The van der Waals surface area contributed by atoms with Crippen molar-refractivity contribution in [2.24, 2.45) is 0 Å². The number of carboxylic acid groups (broad SMARTS) is 1. The molecule has 0 aliphatic heterocycles. The molecule has 2 N–H and O–H groups in total. The summed E-state index contributed by atoms with van der Waals surface area (Å²) in [5.74, 6) is -1.17. The van der Waals surface area contributed by atoms with Gasteiger partial charge in [0.2, 0.25) is 5.76 Å². The normalized spacial score (nSPS) is 10.9. The second-order valence-electron chi connectivity index (χ2n) is 4.43. The molecule has 100 valence electrons. The van der Waals surface area contributed by atoms with Crippen LogP contribution in [0.25, 0.3) is 11.3 Å². The van der Waals surface area contributed by atoms with Crippen LogP contribution >= 0.6 is 15.9 Å². The summed E-state index contributed by atoms with van der Waals surface area (Å²) in [7, 11) is 0. The lowest BCUT2D eigenvalue weighted by Crippen LogP contribution is -1.92. The van der Waals surface area contributed by atoms with E-state index in [4.69, 9.17) is 5.11 Å². The van der Waals surface area contributed by atoms with Gasteiger partial charge in [0, 0.05) is 16.1 Å². The van der Waals surface area contributed by atoms with Gasteiger partial charge in [0.25, 0.3) is 0 Å². The quantitative estimate of drug-likeness (QED) is 0.900. The summed E-state index contributed by atoms with van der Waals surface area (Å²) in [6.07, 6.45) is 0. The predicted molar refractivity (Wildman–Crippen MR) is 72.4 cm³/mol. The van der Waals surface area contributed by atoms with Crippen LogP contribution < -0.4 is 0 Å². The molecule has 6 heteroatoms. The molecule has 0 aliphatic carbocycles. The molecule has 1 aromatic heterocycles. The minimum atomic E-state index is -1.20. The van der Waals surface area contributed by atoms with Crippen molar-refractivity contribution in [3.05, 3.63) is 34.0 Å². The number of phenols is 1. The number of aromatic hydroxyl groups is 1. The summed E-state index contributed by atoms with van der Waals surface area (Å²) in [5, 5.41) is 22.4. The van der Waals surface area contributed by atoms with E-state index in [1.54, 1.807) is 12.1 Å². The standard InChI is InChI=1S/C13H12BrNO4/c1-6(2)7-4-11(16)8(3-9(7)14)10-5-12(13(17)18)19-15-10/h3-6,16H,1-2H3,(H,17,18). The lowest BCUT2D eigenvalue weighted by Gasteiger charge is -2.11. The van der Waals surface area contributed by atoms with Crippen molar-refractivity contribution in [2.75, 3.05) is 0 Å². The van der Waals surface area contributed by atoms with Crippen molar-refractivity contribution in [3.63, 3.8) is 0 Å². The van der Waals surface area contributed by atoms with Crippen LogP contribution in [0.3, 0.4) is 0 Å². The lowest BCUT2D eigenvalue weighted by molar-refractivity contribution is 0.0652. The van der Waals surface area contributed by atoms with Crippen molar-refractivity contribution < 1.29 is 19.5 Å².